The van der Waals surface area contributed by atoms with E-state index >= 15 is 0 Å². The van der Waals surface area contributed by atoms with Crippen LogP contribution in [0.25, 0.3) is 0 Å². The van der Waals surface area contributed by atoms with Crippen LogP contribution in [0.2, 0.25) is 0 Å². The lowest BCUT2D eigenvalue weighted by Crippen LogP contribution is -2.39. The van der Waals surface area contributed by atoms with E-state index in [-0.39, 0.29) is 0 Å². The molecule has 0 saturated carbocycles. The number of hydrogen-bond acceptors (Lipinski definition) is 9. The van der Waals surface area contributed by atoms with Crippen molar-refractivity contribution >= 4 is 11.9 Å². The molecule has 1 aliphatic heterocycles. The number of esters is 2. The molecule has 172 valence electrons. The minimum Gasteiger partial charge on any atom is -0.496 e. The maximum atomic E-state index is 12.0. The maximum absolute atomic E-state index is 12.0. The van der Waals surface area contributed by atoms with Gasteiger partial charge in [0.05, 0.1) is 34.0 Å². The van der Waals surface area contributed by atoms with Crippen molar-refractivity contribution in [1.29, 1.82) is 0 Å². The molecule has 0 saturated heterocycles. The van der Waals surface area contributed by atoms with Gasteiger partial charge in [0.1, 0.15) is 17.2 Å². The molecule has 0 radical (unpaired) electrons. The van der Waals surface area contributed by atoms with Gasteiger partial charge in [-0.15, -0.1) is 0 Å². The number of fused-ring (bicyclic) bond motifs is 1. The van der Waals surface area contributed by atoms with Gasteiger partial charge in [-0.2, -0.15) is 0 Å². The SMILES string of the molecule is COc1cc(OC)c2c(c1)O[C@@H](c1ccc(OC)c(OC)c1)[C@H](OC(C)=O)[C@@H]2OC(C)=O. The number of hydrogen-bond donors (Lipinski definition) is 0. The van der Waals surface area contributed by atoms with Gasteiger partial charge >= 0.3 is 11.9 Å². The summed E-state index contributed by atoms with van der Waals surface area (Å²) in [7, 11) is 6.03. The van der Waals surface area contributed by atoms with Gasteiger partial charge in [0, 0.05) is 31.5 Å². The first-order valence-corrected chi connectivity index (χ1v) is 9.81. The van der Waals surface area contributed by atoms with Gasteiger partial charge in [-0.1, -0.05) is 6.07 Å². The van der Waals surface area contributed by atoms with Crippen LogP contribution in [0.1, 0.15) is 37.2 Å². The summed E-state index contributed by atoms with van der Waals surface area (Å²) in [5.74, 6) is 1.11. The molecular weight excluding hydrogens is 420 g/mol. The quantitative estimate of drug-likeness (QED) is 0.593. The second-order valence-corrected chi connectivity index (χ2v) is 7.00. The first kappa shape index (κ1) is 23.1. The minimum atomic E-state index is -0.996. The molecule has 0 fully saturated rings. The molecule has 0 bridgehead atoms. The number of carbonyl (C=O) groups is 2. The van der Waals surface area contributed by atoms with Gasteiger partial charge in [0.25, 0.3) is 0 Å². The van der Waals surface area contributed by atoms with Crippen molar-refractivity contribution in [1.82, 2.24) is 0 Å². The zero-order chi connectivity index (χ0) is 23.4. The van der Waals surface area contributed by atoms with Crippen LogP contribution >= 0.6 is 0 Å². The highest BCUT2D eigenvalue weighted by molar-refractivity contribution is 5.69. The van der Waals surface area contributed by atoms with E-state index in [0.717, 1.165) is 0 Å². The fourth-order valence-corrected chi connectivity index (χ4v) is 3.68. The first-order chi connectivity index (χ1) is 15.3. The lowest BCUT2D eigenvalue weighted by Gasteiger charge is -2.39. The molecule has 3 atom stereocenters. The van der Waals surface area contributed by atoms with Crippen molar-refractivity contribution < 1.29 is 42.7 Å². The second kappa shape index (κ2) is 9.67. The molecule has 0 amide bonds. The molecule has 2 aromatic rings. The molecule has 3 rings (SSSR count). The molecule has 2 aromatic carbocycles. The zero-order valence-corrected chi connectivity index (χ0v) is 18.8. The molecule has 0 spiro atoms. The molecule has 0 N–H and O–H groups in total. The largest absolute Gasteiger partial charge is 0.496 e. The summed E-state index contributed by atoms with van der Waals surface area (Å²) in [6, 6.07) is 8.49. The van der Waals surface area contributed by atoms with E-state index in [0.29, 0.717) is 39.9 Å². The third kappa shape index (κ3) is 4.51. The van der Waals surface area contributed by atoms with Crippen LogP contribution in [-0.2, 0) is 19.1 Å². The Morgan fingerprint density at radius 2 is 1.44 bits per heavy atom. The normalized spacial score (nSPS) is 19.1. The van der Waals surface area contributed by atoms with Crippen molar-refractivity contribution in [2.24, 2.45) is 0 Å². The summed E-state index contributed by atoms with van der Waals surface area (Å²) in [4.78, 5) is 24.0. The fourth-order valence-electron chi connectivity index (χ4n) is 3.68. The van der Waals surface area contributed by atoms with Crippen LogP contribution in [-0.4, -0.2) is 46.5 Å². The maximum Gasteiger partial charge on any atom is 0.303 e. The van der Waals surface area contributed by atoms with Crippen molar-refractivity contribution in [3.05, 3.63) is 41.5 Å². The highest BCUT2D eigenvalue weighted by Gasteiger charge is 2.46. The smallest absolute Gasteiger partial charge is 0.303 e. The summed E-state index contributed by atoms with van der Waals surface area (Å²) in [6.07, 6.45) is -2.81. The van der Waals surface area contributed by atoms with Crippen LogP contribution in [0.5, 0.6) is 28.7 Å². The molecule has 1 aliphatic rings. The Bertz CT molecular complexity index is 1000. The van der Waals surface area contributed by atoms with Crippen molar-refractivity contribution in [2.45, 2.75) is 32.2 Å². The van der Waals surface area contributed by atoms with Gasteiger partial charge in [0.2, 0.25) is 0 Å². The standard InChI is InChI=1S/C23H26O9/c1-12(24)30-22-20-18(29-6)10-15(26-3)11-19(20)32-21(23(22)31-13(2)25)14-7-8-16(27-4)17(9-14)28-5/h7-11,21-23H,1-6H3/t21-,22+,23-/m0/s1. The third-order valence-electron chi connectivity index (χ3n) is 5.00. The molecule has 32 heavy (non-hydrogen) atoms. The molecule has 0 aliphatic carbocycles. The fraction of sp³-hybridized carbons (Fsp3) is 0.391. The molecule has 1 heterocycles. The summed E-state index contributed by atoms with van der Waals surface area (Å²) in [6.45, 7) is 2.55. The Balaban J connectivity index is 2.21. The Labute approximate surface area is 186 Å². The average molecular weight is 446 g/mol. The number of ether oxygens (including phenoxy) is 7. The van der Waals surface area contributed by atoms with Crippen molar-refractivity contribution in [2.75, 3.05) is 28.4 Å². The number of carbonyl (C=O) groups excluding carboxylic acids is 2. The number of rotatable bonds is 7. The summed E-state index contributed by atoms with van der Waals surface area (Å²) >= 11 is 0. The van der Waals surface area contributed by atoms with Crippen LogP contribution in [0, 0.1) is 0 Å². The molecule has 9 heteroatoms. The Morgan fingerprint density at radius 3 is 2.00 bits per heavy atom. The van der Waals surface area contributed by atoms with Crippen LogP contribution in [0.3, 0.4) is 0 Å². The highest BCUT2D eigenvalue weighted by atomic mass is 16.6. The average Bonchev–Trinajstić information content (AvgIpc) is 2.78. The van der Waals surface area contributed by atoms with Gasteiger partial charge in [0.15, 0.2) is 29.8 Å². The highest BCUT2D eigenvalue weighted by Crippen LogP contribution is 2.50. The Kier molecular flexibility index (Phi) is 6.97. The topological polar surface area (TPSA) is 98.8 Å². The molecule has 0 unspecified atom stereocenters. The van der Waals surface area contributed by atoms with Crippen molar-refractivity contribution in [3.63, 3.8) is 0 Å². The summed E-state index contributed by atoms with van der Waals surface area (Å²) in [5, 5.41) is 0. The van der Waals surface area contributed by atoms with Crippen LogP contribution in [0.15, 0.2) is 30.3 Å². The van der Waals surface area contributed by atoms with Gasteiger partial charge in [-0.05, 0) is 12.1 Å². The van der Waals surface area contributed by atoms with E-state index in [1.807, 2.05) is 0 Å². The van der Waals surface area contributed by atoms with E-state index in [9.17, 15) is 9.59 Å². The predicted octanol–water partition coefficient (Wildman–Crippen LogP) is 3.39. The van der Waals surface area contributed by atoms with Gasteiger partial charge in [-0.3, -0.25) is 9.59 Å². The summed E-state index contributed by atoms with van der Waals surface area (Å²) < 4.78 is 39.1. The van der Waals surface area contributed by atoms with E-state index in [4.69, 9.17) is 33.2 Å². The summed E-state index contributed by atoms with van der Waals surface area (Å²) in [5.41, 5.74) is 1.06. The third-order valence-corrected chi connectivity index (χ3v) is 5.00. The zero-order valence-electron chi connectivity index (χ0n) is 18.8. The van der Waals surface area contributed by atoms with E-state index in [1.54, 1.807) is 30.3 Å². The van der Waals surface area contributed by atoms with E-state index in [2.05, 4.69) is 0 Å². The van der Waals surface area contributed by atoms with Gasteiger partial charge in [-0.25, -0.2) is 0 Å². The Hall–Kier alpha value is -3.62. The minimum absolute atomic E-state index is 0.369. The lowest BCUT2D eigenvalue weighted by atomic mass is 9.90. The van der Waals surface area contributed by atoms with Crippen LogP contribution in [0.4, 0.5) is 0 Å². The van der Waals surface area contributed by atoms with E-state index < -0.39 is 30.3 Å². The van der Waals surface area contributed by atoms with Crippen molar-refractivity contribution in [3.8, 4) is 28.7 Å². The first-order valence-electron chi connectivity index (χ1n) is 9.81. The molecule has 9 nitrogen and oxygen atoms in total. The van der Waals surface area contributed by atoms with E-state index in [1.165, 1.54) is 42.3 Å². The monoisotopic (exact) mass is 446 g/mol. The lowest BCUT2D eigenvalue weighted by molar-refractivity contribution is -0.178. The Morgan fingerprint density at radius 1 is 0.781 bits per heavy atom. The molecule has 0 aromatic heterocycles. The van der Waals surface area contributed by atoms with Crippen LogP contribution < -0.4 is 23.7 Å². The second-order valence-electron chi connectivity index (χ2n) is 7.00. The molecular formula is C23H26O9. The number of benzene rings is 2. The van der Waals surface area contributed by atoms with Gasteiger partial charge < -0.3 is 33.2 Å². The predicted molar refractivity (Wildman–Crippen MR) is 113 cm³/mol. The number of methoxy groups -OCH3 is 4.